The second-order valence-electron chi connectivity index (χ2n) is 17.1. The molecule has 0 spiro atoms. The third kappa shape index (κ3) is 5.12. The van der Waals surface area contributed by atoms with Crippen LogP contribution in [0.3, 0.4) is 0 Å². The molecule has 11 aromatic rings. The minimum absolute atomic E-state index is 0.479. The van der Waals surface area contributed by atoms with Crippen molar-refractivity contribution >= 4 is 48.6 Å². The SMILES string of the molecule is c1ccc(C2(c3ccc(N(c4ccc5c(c4)C(c4ccccc4)(c4ccccc4)c4ccccc4-5)c4cccc5c4sc4ccccc45)cc3)c3ccccc3-c3ccccc32)cc1. The molecule has 0 bridgehead atoms. The standard InChI is InChI=1S/C62H41NS/c1-4-19-42(20-5-1)61(54-30-14-10-25-48(54)49-26-11-15-31-55(49)61)45-35-37-46(38-36-45)63(58-33-18-29-53-52-28-13-17-34-59(52)64-60(53)58)47-39-40-51-50-27-12-16-32-56(50)62(57(51)41-47,43-21-6-2-7-22-43)44-23-8-3-9-24-44/h1-41H. The van der Waals surface area contributed by atoms with Crippen LogP contribution in [0.4, 0.5) is 17.1 Å². The molecule has 0 saturated carbocycles. The highest BCUT2D eigenvalue weighted by atomic mass is 32.1. The van der Waals surface area contributed by atoms with E-state index in [9.17, 15) is 0 Å². The summed E-state index contributed by atoms with van der Waals surface area (Å²) in [6, 6.07) is 92.7. The Bertz CT molecular complexity index is 3470. The van der Waals surface area contributed by atoms with Gasteiger partial charge in [0.1, 0.15) is 0 Å². The van der Waals surface area contributed by atoms with E-state index in [4.69, 9.17) is 0 Å². The van der Waals surface area contributed by atoms with Gasteiger partial charge in [-0.05, 0) is 103 Å². The first-order chi connectivity index (χ1) is 31.8. The van der Waals surface area contributed by atoms with E-state index >= 15 is 0 Å². The molecule has 13 rings (SSSR count). The van der Waals surface area contributed by atoms with Crippen LogP contribution in [0.1, 0.15) is 44.5 Å². The van der Waals surface area contributed by atoms with Crippen molar-refractivity contribution in [2.45, 2.75) is 10.8 Å². The van der Waals surface area contributed by atoms with Crippen LogP contribution in [-0.2, 0) is 10.8 Å². The van der Waals surface area contributed by atoms with Gasteiger partial charge < -0.3 is 4.90 Å². The lowest BCUT2D eigenvalue weighted by Gasteiger charge is -2.35. The molecule has 0 aliphatic heterocycles. The van der Waals surface area contributed by atoms with Crippen molar-refractivity contribution in [2.75, 3.05) is 4.90 Å². The summed E-state index contributed by atoms with van der Waals surface area (Å²) < 4.78 is 2.56. The topological polar surface area (TPSA) is 3.24 Å². The van der Waals surface area contributed by atoms with Crippen molar-refractivity contribution in [3.8, 4) is 22.3 Å². The molecule has 1 nitrogen and oxygen atoms in total. The van der Waals surface area contributed by atoms with Crippen molar-refractivity contribution in [1.82, 2.24) is 0 Å². The molecule has 2 aliphatic rings. The van der Waals surface area contributed by atoms with Crippen molar-refractivity contribution in [2.24, 2.45) is 0 Å². The molecular formula is C62H41NS. The maximum absolute atomic E-state index is 2.51. The monoisotopic (exact) mass is 831 g/mol. The van der Waals surface area contributed by atoms with Crippen LogP contribution in [0.15, 0.2) is 249 Å². The lowest BCUT2D eigenvalue weighted by atomic mass is 9.67. The van der Waals surface area contributed by atoms with Gasteiger partial charge in [0, 0.05) is 26.8 Å². The first-order valence-corrected chi connectivity index (χ1v) is 23.0. The van der Waals surface area contributed by atoms with Gasteiger partial charge in [-0.15, -0.1) is 11.3 Å². The largest absolute Gasteiger partial charge is 0.309 e. The van der Waals surface area contributed by atoms with Gasteiger partial charge in [0.05, 0.1) is 21.2 Å². The second-order valence-corrected chi connectivity index (χ2v) is 18.2. The van der Waals surface area contributed by atoms with Crippen LogP contribution < -0.4 is 4.90 Å². The highest BCUT2D eigenvalue weighted by Gasteiger charge is 2.47. The Morgan fingerprint density at radius 1 is 0.297 bits per heavy atom. The predicted octanol–water partition coefficient (Wildman–Crippen LogP) is 16.3. The van der Waals surface area contributed by atoms with Crippen LogP contribution >= 0.6 is 11.3 Å². The van der Waals surface area contributed by atoms with Gasteiger partial charge in [0.15, 0.2) is 0 Å². The molecule has 0 unspecified atom stereocenters. The summed E-state index contributed by atoms with van der Waals surface area (Å²) in [5.41, 5.74) is 17.8. The number of anilines is 3. The summed E-state index contributed by atoms with van der Waals surface area (Å²) in [5.74, 6) is 0. The Morgan fingerprint density at radius 3 is 1.28 bits per heavy atom. The molecule has 0 fully saturated rings. The van der Waals surface area contributed by atoms with E-state index in [-0.39, 0.29) is 0 Å². The van der Waals surface area contributed by atoms with Gasteiger partial charge in [-0.2, -0.15) is 0 Å². The molecule has 1 heterocycles. The summed E-state index contributed by atoms with van der Waals surface area (Å²) in [4.78, 5) is 2.51. The van der Waals surface area contributed by atoms with E-state index in [0.29, 0.717) is 0 Å². The molecular weight excluding hydrogens is 791 g/mol. The lowest BCUT2D eigenvalue weighted by Crippen LogP contribution is -2.29. The summed E-state index contributed by atoms with van der Waals surface area (Å²) in [7, 11) is 0. The number of thiophene rings is 1. The average molecular weight is 832 g/mol. The summed E-state index contributed by atoms with van der Waals surface area (Å²) in [5, 5.41) is 2.57. The van der Waals surface area contributed by atoms with Crippen LogP contribution in [0, 0.1) is 0 Å². The Balaban J connectivity index is 1.07. The zero-order valence-electron chi connectivity index (χ0n) is 35.0. The number of fused-ring (bicyclic) bond motifs is 9. The molecule has 2 heteroatoms. The van der Waals surface area contributed by atoms with E-state index in [2.05, 4.69) is 254 Å². The summed E-state index contributed by atoms with van der Waals surface area (Å²) in [6.07, 6.45) is 0. The minimum atomic E-state index is -0.519. The highest BCUT2D eigenvalue weighted by molar-refractivity contribution is 7.26. The molecule has 300 valence electrons. The molecule has 0 amide bonds. The fraction of sp³-hybridized carbons (Fsp3) is 0.0323. The lowest BCUT2D eigenvalue weighted by molar-refractivity contribution is 0.768. The fourth-order valence-electron chi connectivity index (χ4n) is 11.5. The third-order valence-corrected chi connectivity index (χ3v) is 15.3. The first-order valence-electron chi connectivity index (χ1n) is 22.2. The summed E-state index contributed by atoms with van der Waals surface area (Å²) >= 11 is 1.88. The maximum atomic E-state index is 2.51. The number of hydrogen-bond donors (Lipinski definition) is 0. The number of hydrogen-bond acceptors (Lipinski definition) is 2. The minimum Gasteiger partial charge on any atom is -0.309 e. The molecule has 64 heavy (non-hydrogen) atoms. The zero-order valence-corrected chi connectivity index (χ0v) is 35.8. The van der Waals surface area contributed by atoms with E-state index < -0.39 is 10.8 Å². The molecule has 0 radical (unpaired) electrons. The van der Waals surface area contributed by atoms with Crippen LogP contribution in [0.2, 0.25) is 0 Å². The van der Waals surface area contributed by atoms with Crippen LogP contribution in [0.5, 0.6) is 0 Å². The van der Waals surface area contributed by atoms with E-state index in [1.165, 1.54) is 92.6 Å². The van der Waals surface area contributed by atoms with Crippen LogP contribution in [0.25, 0.3) is 42.4 Å². The molecule has 0 atom stereocenters. The molecule has 0 N–H and O–H groups in total. The normalized spacial score (nSPS) is 13.9. The Kier molecular flexibility index (Phi) is 8.28. The number of nitrogens with zero attached hydrogens (tertiary/aromatic N) is 1. The predicted molar refractivity (Wildman–Crippen MR) is 269 cm³/mol. The molecule has 10 aromatic carbocycles. The van der Waals surface area contributed by atoms with Gasteiger partial charge in [-0.1, -0.05) is 212 Å². The number of rotatable bonds is 7. The fourth-order valence-corrected chi connectivity index (χ4v) is 12.7. The molecule has 2 aliphatic carbocycles. The van der Waals surface area contributed by atoms with E-state index in [0.717, 1.165) is 11.4 Å². The Hall–Kier alpha value is -7.78. The van der Waals surface area contributed by atoms with Gasteiger partial charge in [-0.25, -0.2) is 0 Å². The van der Waals surface area contributed by atoms with E-state index in [1.807, 2.05) is 11.3 Å². The van der Waals surface area contributed by atoms with Crippen LogP contribution in [-0.4, -0.2) is 0 Å². The van der Waals surface area contributed by atoms with E-state index in [1.54, 1.807) is 0 Å². The Labute approximate surface area is 377 Å². The second kappa shape index (κ2) is 14.4. The van der Waals surface area contributed by atoms with Gasteiger partial charge >= 0.3 is 0 Å². The smallest absolute Gasteiger partial charge is 0.0714 e. The maximum Gasteiger partial charge on any atom is 0.0714 e. The zero-order chi connectivity index (χ0) is 42.2. The summed E-state index contributed by atoms with van der Waals surface area (Å²) in [6.45, 7) is 0. The average Bonchev–Trinajstić information content (AvgIpc) is 4.01. The van der Waals surface area contributed by atoms with Crippen molar-refractivity contribution < 1.29 is 0 Å². The van der Waals surface area contributed by atoms with Gasteiger partial charge in [0.25, 0.3) is 0 Å². The highest BCUT2D eigenvalue weighted by Crippen LogP contribution is 2.59. The van der Waals surface area contributed by atoms with Gasteiger partial charge in [-0.3, -0.25) is 0 Å². The van der Waals surface area contributed by atoms with Gasteiger partial charge in [0.2, 0.25) is 0 Å². The van der Waals surface area contributed by atoms with Crippen molar-refractivity contribution in [3.05, 3.63) is 293 Å². The quantitative estimate of drug-likeness (QED) is 0.155. The first kappa shape index (κ1) is 36.8. The third-order valence-electron chi connectivity index (χ3n) is 14.0. The molecule has 1 aromatic heterocycles. The Morgan fingerprint density at radius 2 is 0.719 bits per heavy atom. The number of benzene rings is 10. The van der Waals surface area contributed by atoms with Crippen molar-refractivity contribution in [3.63, 3.8) is 0 Å². The molecule has 0 saturated heterocycles. The van der Waals surface area contributed by atoms with Crippen molar-refractivity contribution in [1.29, 1.82) is 0 Å².